The molecule has 0 fully saturated rings. The van der Waals surface area contributed by atoms with Crippen molar-refractivity contribution in [3.8, 4) is 5.75 Å². The number of para-hydroxylation sites is 1. The summed E-state index contributed by atoms with van der Waals surface area (Å²) in [4.78, 5) is 36.3. The SMILES string of the molecule is C[C@@H](NC(=O)c1ccccc1)C(=O)OCC(=O)N[C@@H]1CCOc2ccccc21. The van der Waals surface area contributed by atoms with Crippen molar-refractivity contribution in [2.75, 3.05) is 13.2 Å². The quantitative estimate of drug-likeness (QED) is 0.745. The molecule has 3 rings (SSSR count). The van der Waals surface area contributed by atoms with Crippen LogP contribution >= 0.6 is 0 Å². The molecule has 2 amide bonds. The first-order chi connectivity index (χ1) is 13.5. The van der Waals surface area contributed by atoms with Gasteiger partial charge in [-0.2, -0.15) is 0 Å². The summed E-state index contributed by atoms with van der Waals surface area (Å²) in [5, 5.41) is 5.40. The van der Waals surface area contributed by atoms with Gasteiger partial charge in [0.1, 0.15) is 11.8 Å². The Kier molecular flexibility index (Phi) is 6.26. The Labute approximate surface area is 163 Å². The molecule has 1 aliphatic rings. The summed E-state index contributed by atoms with van der Waals surface area (Å²) in [5.41, 5.74) is 1.34. The molecular formula is C21H22N2O5. The van der Waals surface area contributed by atoms with Crippen molar-refractivity contribution >= 4 is 17.8 Å². The number of ether oxygens (including phenoxy) is 2. The first-order valence-corrected chi connectivity index (χ1v) is 9.08. The van der Waals surface area contributed by atoms with Gasteiger partial charge in [-0.25, -0.2) is 4.79 Å². The van der Waals surface area contributed by atoms with Gasteiger partial charge in [-0.15, -0.1) is 0 Å². The Morgan fingerprint density at radius 3 is 2.61 bits per heavy atom. The minimum absolute atomic E-state index is 0.189. The second kappa shape index (κ2) is 9.03. The monoisotopic (exact) mass is 382 g/mol. The highest BCUT2D eigenvalue weighted by atomic mass is 16.5. The van der Waals surface area contributed by atoms with Gasteiger partial charge in [0.15, 0.2) is 6.61 Å². The van der Waals surface area contributed by atoms with E-state index in [0.29, 0.717) is 18.6 Å². The van der Waals surface area contributed by atoms with Crippen LogP contribution < -0.4 is 15.4 Å². The van der Waals surface area contributed by atoms with E-state index in [-0.39, 0.29) is 11.9 Å². The first-order valence-electron chi connectivity index (χ1n) is 9.08. The molecule has 28 heavy (non-hydrogen) atoms. The topological polar surface area (TPSA) is 93.7 Å². The van der Waals surface area contributed by atoms with E-state index in [0.717, 1.165) is 11.3 Å². The molecular weight excluding hydrogens is 360 g/mol. The maximum absolute atomic E-state index is 12.2. The van der Waals surface area contributed by atoms with Crippen molar-refractivity contribution in [1.29, 1.82) is 0 Å². The number of fused-ring (bicyclic) bond motifs is 1. The molecule has 0 saturated heterocycles. The van der Waals surface area contributed by atoms with Gasteiger partial charge in [-0.1, -0.05) is 36.4 Å². The normalized spacial score (nSPS) is 16.1. The third kappa shape index (κ3) is 4.88. The summed E-state index contributed by atoms with van der Waals surface area (Å²) >= 11 is 0. The average molecular weight is 382 g/mol. The van der Waals surface area contributed by atoms with Crippen LogP contribution in [0.25, 0.3) is 0 Å². The number of benzene rings is 2. The zero-order chi connectivity index (χ0) is 19.9. The zero-order valence-electron chi connectivity index (χ0n) is 15.5. The third-order valence-electron chi connectivity index (χ3n) is 4.38. The van der Waals surface area contributed by atoms with Crippen LogP contribution in [0.15, 0.2) is 54.6 Å². The van der Waals surface area contributed by atoms with Crippen LogP contribution in [-0.2, 0) is 14.3 Å². The van der Waals surface area contributed by atoms with Crippen LogP contribution in [0, 0.1) is 0 Å². The lowest BCUT2D eigenvalue weighted by Crippen LogP contribution is -2.41. The highest BCUT2D eigenvalue weighted by molar-refractivity contribution is 5.96. The lowest BCUT2D eigenvalue weighted by Gasteiger charge is -2.26. The number of carbonyl (C=O) groups excluding carboxylic acids is 3. The third-order valence-corrected chi connectivity index (χ3v) is 4.38. The smallest absolute Gasteiger partial charge is 0.328 e. The summed E-state index contributed by atoms with van der Waals surface area (Å²) in [6.45, 7) is 1.60. The van der Waals surface area contributed by atoms with Crippen molar-refractivity contribution < 1.29 is 23.9 Å². The fourth-order valence-corrected chi connectivity index (χ4v) is 2.92. The molecule has 2 aromatic carbocycles. The summed E-state index contributed by atoms with van der Waals surface area (Å²) in [7, 11) is 0. The standard InChI is InChI=1S/C21H22N2O5/c1-14(22-20(25)15-7-3-2-4-8-15)21(26)28-13-19(24)23-17-11-12-27-18-10-6-5-9-16(17)18/h2-10,14,17H,11-13H2,1H3,(H,22,25)(H,23,24)/t14-,17-/m1/s1. The summed E-state index contributed by atoms with van der Waals surface area (Å²) in [6, 6.07) is 15.0. The number of nitrogens with one attached hydrogen (secondary N) is 2. The Balaban J connectivity index is 1.47. The molecule has 1 aliphatic heterocycles. The van der Waals surface area contributed by atoms with Crippen LogP contribution in [0.4, 0.5) is 0 Å². The van der Waals surface area contributed by atoms with Crippen molar-refractivity contribution in [1.82, 2.24) is 10.6 Å². The Hall–Kier alpha value is -3.35. The highest BCUT2D eigenvalue weighted by Gasteiger charge is 2.24. The van der Waals surface area contributed by atoms with Gasteiger partial charge < -0.3 is 20.1 Å². The maximum Gasteiger partial charge on any atom is 0.328 e. The molecule has 0 saturated carbocycles. The van der Waals surface area contributed by atoms with E-state index in [2.05, 4.69) is 10.6 Å². The minimum Gasteiger partial charge on any atom is -0.493 e. The molecule has 2 atom stereocenters. The maximum atomic E-state index is 12.2. The van der Waals surface area contributed by atoms with Gasteiger partial charge in [-0.3, -0.25) is 9.59 Å². The zero-order valence-corrected chi connectivity index (χ0v) is 15.5. The number of hydrogen-bond donors (Lipinski definition) is 2. The number of carbonyl (C=O) groups is 3. The molecule has 0 aliphatic carbocycles. The predicted octanol–water partition coefficient (Wildman–Crippen LogP) is 1.99. The lowest BCUT2D eigenvalue weighted by molar-refractivity contribution is -0.150. The van der Waals surface area contributed by atoms with Crippen LogP contribution in [0.5, 0.6) is 5.75 Å². The fraction of sp³-hybridized carbons (Fsp3) is 0.286. The summed E-state index contributed by atoms with van der Waals surface area (Å²) in [6.07, 6.45) is 0.639. The number of esters is 1. The Morgan fingerprint density at radius 2 is 1.82 bits per heavy atom. The van der Waals surface area contributed by atoms with Gasteiger partial charge in [0.25, 0.3) is 11.8 Å². The van der Waals surface area contributed by atoms with E-state index >= 15 is 0 Å². The lowest BCUT2D eigenvalue weighted by atomic mass is 10.0. The molecule has 7 heteroatoms. The van der Waals surface area contributed by atoms with Gasteiger partial charge in [0.05, 0.1) is 12.6 Å². The van der Waals surface area contributed by atoms with Crippen molar-refractivity contribution in [3.05, 3.63) is 65.7 Å². The molecule has 2 N–H and O–H groups in total. The number of rotatable bonds is 6. The fourth-order valence-electron chi connectivity index (χ4n) is 2.92. The van der Waals surface area contributed by atoms with Gasteiger partial charge in [0, 0.05) is 17.5 Å². The van der Waals surface area contributed by atoms with Crippen molar-refractivity contribution in [3.63, 3.8) is 0 Å². The number of amides is 2. The van der Waals surface area contributed by atoms with E-state index in [1.165, 1.54) is 6.92 Å². The average Bonchev–Trinajstić information content (AvgIpc) is 2.73. The Morgan fingerprint density at radius 1 is 1.11 bits per heavy atom. The molecule has 0 unspecified atom stereocenters. The molecule has 0 radical (unpaired) electrons. The molecule has 2 aromatic rings. The van der Waals surface area contributed by atoms with Crippen LogP contribution in [0.3, 0.4) is 0 Å². The van der Waals surface area contributed by atoms with E-state index < -0.39 is 24.5 Å². The van der Waals surface area contributed by atoms with Crippen LogP contribution in [0.2, 0.25) is 0 Å². The van der Waals surface area contributed by atoms with E-state index in [4.69, 9.17) is 9.47 Å². The number of hydrogen-bond acceptors (Lipinski definition) is 5. The summed E-state index contributed by atoms with van der Waals surface area (Å²) in [5.74, 6) is -0.718. The van der Waals surface area contributed by atoms with E-state index in [9.17, 15) is 14.4 Å². The largest absolute Gasteiger partial charge is 0.493 e. The van der Waals surface area contributed by atoms with E-state index in [1.807, 2.05) is 24.3 Å². The van der Waals surface area contributed by atoms with E-state index in [1.54, 1.807) is 30.3 Å². The first kappa shape index (κ1) is 19.4. The van der Waals surface area contributed by atoms with Gasteiger partial charge in [0.2, 0.25) is 0 Å². The van der Waals surface area contributed by atoms with Crippen LogP contribution in [-0.4, -0.2) is 37.0 Å². The summed E-state index contributed by atoms with van der Waals surface area (Å²) < 4.78 is 10.6. The molecule has 0 spiro atoms. The van der Waals surface area contributed by atoms with Crippen molar-refractivity contribution in [2.45, 2.75) is 25.4 Å². The second-order valence-electron chi connectivity index (χ2n) is 6.46. The highest BCUT2D eigenvalue weighted by Crippen LogP contribution is 2.31. The predicted molar refractivity (Wildman–Crippen MR) is 102 cm³/mol. The Bertz CT molecular complexity index is 853. The molecule has 0 aromatic heterocycles. The molecule has 1 heterocycles. The minimum atomic E-state index is -0.871. The molecule has 146 valence electrons. The van der Waals surface area contributed by atoms with Gasteiger partial charge >= 0.3 is 5.97 Å². The second-order valence-corrected chi connectivity index (χ2v) is 6.46. The molecule has 0 bridgehead atoms. The van der Waals surface area contributed by atoms with Gasteiger partial charge in [-0.05, 0) is 25.1 Å². The van der Waals surface area contributed by atoms with Crippen molar-refractivity contribution in [2.24, 2.45) is 0 Å². The molecule has 7 nitrogen and oxygen atoms in total. The van der Waals surface area contributed by atoms with Crippen LogP contribution in [0.1, 0.15) is 35.3 Å².